The van der Waals surface area contributed by atoms with Crippen molar-refractivity contribution in [2.24, 2.45) is 0 Å². The molecule has 0 aromatic carbocycles. The number of carboxylic acids is 4. The first-order valence-corrected chi connectivity index (χ1v) is 6.48. The van der Waals surface area contributed by atoms with Crippen LogP contribution < -0.4 is 0 Å². The topological polar surface area (TPSA) is 149 Å². The van der Waals surface area contributed by atoms with Gasteiger partial charge in [0.15, 0.2) is 0 Å². The molecule has 0 atom stereocenters. The second kappa shape index (κ2) is 17.9. The second-order valence-corrected chi connectivity index (χ2v) is 3.97. The Balaban J connectivity index is -0.000000297. The molecule has 0 fully saturated rings. The maximum Gasteiger partial charge on any atom is 0.303 e. The molecule has 0 heterocycles. The van der Waals surface area contributed by atoms with E-state index in [0.717, 1.165) is 19.8 Å². The van der Waals surface area contributed by atoms with Gasteiger partial charge in [0.1, 0.15) is 0 Å². The number of unbranched alkanes of at least 4 members (excludes halogenated alkanes) is 3. The summed E-state index contributed by atoms with van der Waals surface area (Å²) in [5, 5.41) is 31.7. The second-order valence-electron chi connectivity index (χ2n) is 3.97. The van der Waals surface area contributed by atoms with Crippen LogP contribution in [0.15, 0.2) is 0 Å². The molecular formula is C13H24O8. The molecule has 0 bridgehead atoms. The van der Waals surface area contributed by atoms with Crippen LogP contribution in [0.3, 0.4) is 0 Å². The molecule has 0 aliphatic carbocycles. The Bertz CT molecular complexity index is 289. The van der Waals surface area contributed by atoms with Gasteiger partial charge in [-0.05, 0) is 12.8 Å². The highest BCUT2D eigenvalue weighted by molar-refractivity contribution is 5.67. The summed E-state index contributed by atoms with van der Waals surface area (Å²) < 4.78 is 0. The molecule has 0 spiro atoms. The van der Waals surface area contributed by atoms with Crippen molar-refractivity contribution in [2.75, 3.05) is 0 Å². The summed E-state index contributed by atoms with van der Waals surface area (Å²) in [7, 11) is 0. The van der Waals surface area contributed by atoms with Crippen molar-refractivity contribution in [1.29, 1.82) is 0 Å². The van der Waals surface area contributed by atoms with Gasteiger partial charge in [-0.15, -0.1) is 0 Å². The third-order valence-electron chi connectivity index (χ3n) is 1.83. The molecule has 0 saturated heterocycles. The average molecular weight is 308 g/mol. The third kappa shape index (κ3) is 57.2. The smallest absolute Gasteiger partial charge is 0.303 e. The molecule has 0 amide bonds. The Hall–Kier alpha value is -2.12. The van der Waals surface area contributed by atoms with Gasteiger partial charge in [0.25, 0.3) is 5.97 Å². The first-order chi connectivity index (χ1) is 9.63. The Morgan fingerprint density at radius 3 is 1.05 bits per heavy atom. The fourth-order valence-corrected chi connectivity index (χ4v) is 0.906. The van der Waals surface area contributed by atoms with Crippen molar-refractivity contribution < 1.29 is 39.6 Å². The fraction of sp³-hybridized carbons (Fsp3) is 0.692. The van der Waals surface area contributed by atoms with E-state index in [0.29, 0.717) is 12.8 Å². The minimum absolute atomic E-state index is 0.188. The number of aliphatic carboxylic acids is 4. The zero-order valence-corrected chi connectivity index (χ0v) is 12.4. The molecule has 0 aromatic heterocycles. The summed E-state index contributed by atoms with van der Waals surface area (Å²) in [6.07, 6.45) is 3.50. The van der Waals surface area contributed by atoms with Crippen molar-refractivity contribution in [1.82, 2.24) is 0 Å². The highest BCUT2D eigenvalue weighted by Crippen LogP contribution is 2.04. The van der Waals surface area contributed by atoms with E-state index in [1.54, 1.807) is 6.92 Å². The minimum atomic E-state index is -0.833. The molecule has 0 saturated carbocycles. The van der Waals surface area contributed by atoms with Gasteiger partial charge >= 0.3 is 17.9 Å². The first kappa shape index (κ1) is 23.9. The molecule has 0 aliphatic heterocycles. The van der Waals surface area contributed by atoms with Crippen molar-refractivity contribution in [3.8, 4) is 0 Å². The largest absolute Gasteiger partial charge is 0.481 e. The molecule has 124 valence electrons. The van der Waals surface area contributed by atoms with Crippen LogP contribution in [0, 0.1) is 0 Å². The Labute approximate surface area is 123 Å². The third-order valence-corrected chi connectivity index (χ3v) is 1.83. The Kier molecular flexibility index (Phi) is 20.4. The van der Waals surface area contributed by atoms with Crippen LogP contribution >= 0.6 is 0 Å². The normalized spacial score (nSPS) is 8.48. The van der Waals surface area contributed by atoms with Crippen molar-refractivity contribution >= 4 is 23.9 Å². The highest BCUT2D eigenvalue weighted by Gasteiger charge is 1.98. The van der Waals surface area contributed by atoms with Gasteiger partial charge < -0.3 is 20.4 Å². The van der Waals surface area contributed by atoms with Gasteiger partial charge in [0.2, 0.25) is 0 Å². The molecule has 0 aromatic rings. The summed E-state index contributed by atoms with van der Waals surface area (Å²) >= 11 is 0. The van der Waals surface area contributed by atoms with E-state index in [-0.39, 0.29) is 19.3 Å². The lowest BCUT2D eigenvalue weighted by Gasteiger charge is -1.96. The van der Waals surface area contributed by atoms with E-state index in [1.165, 1.54) is 0 Å². The van der Waals surface area contributed by atoms with E-state index in [2.05, 4.69) is 0 Å². The van der Waals surface area contributed by atoms with Gasteiger partial charge in [0, 0.05) is 26.2 Å². The Morgan fingerprint density at radius 2 is 0.905 bits per heavy atom. The van der Waals surface area contributed by atoms with Crippen molar-refractivity contribution in [3.05, 3.63) is 0 Å². The Morgan fingerprint density at radius 1 is 0.667 bits per heavy atom. The molecule has 0 rings (SSSR count). The van der Waals surface area contributed by atoms with E-state index in [1.807, 2.05) is 0 Å². The predicted octanol–water partition coefficient (Wildman–Crippen LogP) is 2.07. The van der Waals surface area contributed by atoms with E-state index >= 15 is 0 Å². The summed E-state index contributed by atoms with van der Waals surface area (Å²) in [6, 6.07) is 0. The number of rotatable bonds is 8. The lowest BCUT2D eigenvalue weighted by molar-refractivity contribution is -0.138. The predicted molar refractivity (Wildman–Crippen MR) is 74.2 cm³/mol. The van der Waals surface area contributed by atoms with E-state index in [4.69, 9.17) is 25.2 Å². The fourth-order valence-electron chi connectivity index (χ4n) is 0.906. The number of hydrogen-bond acceptors (Lipinski definition) is 4. The average Bonchev–Trinajstić information content (AvgIpc) is 2.33. The van der Waals surface area contributed by atoms with E-state index in [9.17, 15) is 14.4 Å². The zero-order valence-electron chi connectivity index (χ0n) is 12.4. The van der Waals surface area contributed by atoms with Crippen LogP contribution in [0.25, 0.3) is 0 Å². The maximum atomic E-state index is 10.0. The summed E-state index contributed by atoms with van der Waals surface area (Å²) in [5.74, 6) is -3.15. The molecule has 0 aliphatic rings. The summed E-state index contributed by atoms with van der Waals surface area (Å²) in [6.45, 7) is 2.68. The SMILES string of the molecule is CC(=O)O.CCC(=O)O.O=C(O)CCCCCCC(=O)O. The van der Waals surface area contributed by atoms with Crippen LogP contribution in [-0.4, -0.2) is 44.3 Å². The first-order valence-electron chi connectivity index (χ1n) is 6.48. The van der Waals surface area contributed by atoms with Gasteiger partial charge in [-0.25, -0.2) is 0 Å². The van der Waals surface area contributed by atoms with Gasteiger partial charge in [-0.3, -0.25) is 19.2 Å². The van der Waals surface area contributed by atoms with Crippen LogP contribution in [0.1, 0.15) is 58.8 Å². The number of carbonyl (C=O) groups is 4. The van der Waals surface area contributed by atoms with Crippen LogP contribution in [0.5, 0.6) is 0 Å². The zero-order chi connectivity index (χ0) is 17.3. The van der Waals surface area contributed by atoms with Crippen molar-refractivity contribution in [2.45, 2.75) is 58.8 Å². The number of carboxylic acid groups (broad SMARTS) is 4. The molecule has 8 heteroatoms. The monoisotopic (exact) mass is 308 g/mol. The minimum Gasteiger partial charge on any atom is -0.481 e. The van der Waals surface area contributed by atoms with Gasteiger partial charge in [-0.1, -0.05) is 19.8 Å². The van der Waals surface area contributed by atoms with Crippen LogP contribution in [0.2, 0.25) is 0 Å². The summed E-state index contributed by atoms with van der Waals surface area (Å²) in [4.78, 5) is 38.5. The molecular weight excluding hydrogens is 284 g/mol. The molecule has 4 N–H and O–H groups in total. The molecule has 0 unspecified atom stereocenters. The van der Waals surface area contributed by atoms with Crippen molar-refractivity contribution in [3.63, 3.8) is 0 Å². The lowest BCUT2D eigenvalue weighted by atomic mass is 10.1. The van der Waals surface area contributed by atoms with Crippen LogP contribution in [0.4, 0.5) is 0 Å². The maximum absolute atomic E-state index is 10.0. The quantitative estimate of drug-likeness (QED) is 0.498. The molecule has 21 heavy (non-hydrogen) atoms. The molecule has 0 radical (unpaired) electrons. The van der Waals surface area contributed by atoms with Crippen LogP contribution in [-0.2, 0) is 19.2 Å². The van der Waals surface area contributed by atoms with Gasteiger partial charge in [0.05, 0.1) is 0 Å². The van der Waals surface area contributed by atoms with Gasteiger partial charge in [-0.2, -0.15) is 0 Å². The highest BCUT2D eigenvalue weighted by atomic mass is 16.4. The summed E-state index contributed by atoms with van der Waals surface area (Å²) in [5.41, 5.74) is 0. The molecule has 8 nitrogen and oxygen atoms in total. The number of hydrogen-bond donors (Lipinski definition) is 4. The van der Waals surface area contributed by atoms with E-state index < -0.39 is 23.9 Å². The standard InChI is InChI=1S/C8H14O4.C3H6O2.C2H4O2/c9-7(10)5-3-1-2-4-6-8(11)12;1-2-3(4)5;1-2(3)4/h1-6H2,(H,9,10)(H,11,12);2H2,1H3,(H,4,5);1H3,(H,3,4). The lowest BCUT2D eigenvalue weighted by Crippen LogP contribution is -1.95.